The Morgan fingerprint density at radius 1 is 1.12 bits per heavy atom. The fourth-order valence-electron chi connectivity index (χ4n) is 2.78. The van der Waals surface area contributed by atoms with Gasteiger partial charge in [0.1, 0.15) is 11.9 Å². The lowest BCUT2D eigenvalue weighted by molar-refractivity contribution is 0.102. The Hall–Kier alpha value is -1.75. The van der Waals surface area contributed by atoms with E-state index in [2.05, 4.69) is 17.3 Å². The molecule has 1 aliphatic rings. The Morgan fingerprint density at radius 2 is 1.80 bits per heavy atom. The normalized spacial score (nSPS) is 15.8. The number of hydrogen-bond donors (Lipinski definition) is 1. The summed E-state index contributed by atoms with van der Waals surface area (Å²) >= 11 is 11.9. The quantitative estimate of drug-likeness (QED) is 0.836. The average molecular weight is 379 g/mol. The Bertz CT molecular complexity index is 742. The highest BCUT2D eigenvalue weighted by atomic mass is 35.5. The summed E-state index contributed by atoms with van der Waals surface area (Å²) in [6.07, 6.45) is 2.32. The van der Waals surface area contributed by atoms with Crippen molar-refractivity contribution in [3.63, 3.8) is 0 Å². The van der Waals surface area contributed by atoms with Gasteiger partial charge in [0, 0.05) is 23.8 Å². The van der Waals surface area contributed by atoms with Crippen LogP contribution in [0.25, 0.3) is 0 Å². The second-order valence-electron chi connectivity index (χ2n) is 6.22. The van der Waals surface area contributed by atoms with Crippen molar-refractivity contribution in [3.8, 4) is 5.75 Å². The lowest BCUT2D eigenvalue weighted by Crippen LogP contribution is -2.35. The fraction of sp³-hybridized carbons (Fsp3) is 0.316. The molecule has 0 aliphatic carbocycles. The number of carbonyl (C=O) groups excluding carboxylic acids is 1. The summed E-state index contributed by atoms with van der Waals surface area (Å²) in [5, 5.41) is 3.65. The van der Waals surface area contributed by atoms with Crippen molar-refractivity contribution in [2.75, 3.05) is 25.5 Å². The summed E-state index contributed by atoms with van der Waals surface area (Å²) < 4.78 is 6.01. The van der Waals surface area contributed by atoms with Gasteiger partial charge in [0.2, 0.25) is 0 Å². The molecule has 132 valence electrons. The predicted molar refractivity (Wildman–Crippen MR) is 102 cm³/mol. The number of halogens is 2. The van der Waals surface area contributed by atoms with Gasteiger partial charge in [-0.2, -0.15) is 0 Å². The molecule has 1 amide bonds. The molecule has 0 unspecified atom stereocenters. The number of amides is 1. The van der Waals surface area contributed by atoms with E-state index in [1.165, 1.54) is 0 Å². The Balaban J connectivity index is 1.59. The van der Waals surface area contributed by atoms with Gasteiger partial charge in [0.25, 0.3) is 5.91 Å². The number of piperidine rings is 1. The molecule has 0 atom stereocenters. The number of rotatable bonds is 4. The van der Waals surface area contributed by atoms with E-state index in [1.807, 2.05) is 24.3 Å². The van der Waals surface area contributed by atoms with Crippen molar-refractivity contribution in [1.82, 2.24) is 4.90 Å². The second kappa shape index (κ2) is 8.09. The Kier molecular flexibility index (Phi) is 5.84. The van der Waals surface area contributed by atoms with Crippen molar-refractivity contribution >= 4 is 34.8 Å². The van der Waals surface area contributed by atoms with E-state index in [9.17, 15) is 4.79 Å². The number of nitrogens with zero attached hydrogens (tertiary/aromatic N) is 1. The summed E-state index contributed by atoms with van der Waals surface area (Å²) in [6, 6.07) is 12.2. The first-order valence-corrected chi connectivity index (χ1v) is 8.98. The highest BCUT2D eigenvalue weighted by Gasteiger charge is 2.18. The number of hydrogen-bond acceptors (Lipinski definition) is 3. The molecule has 4 nitrogen and oxygen atoms in total. The zero-order valence-corrected chi connectivity index (χ0v) is 15.5. The number of carbonyl (C=O) groups is 1. The number of likely N-dealkylation sites (tertiary alicyclic amines) is 1. The molecule has 6 heteroatoms. The number of benzene rings is 2. The van der Waals surface area contributed by atoms with Gasteiger partial charge < -0.3 is 15.0 Å². The molecule has 1 fully saturated rings. The minimum atomic E-state index is -0.273. The SMILES string of the molecule is CN1CCC(Oc2ccc(NC(=O)c3ccc(Cl)cc3Cl)cc2)CC1. The van der Waals surface area contributed by atoms with E-state index in [0.717, 1.165) is 31.7 Å². The Morgan fingerprint density at radius 3 is 2.44 bits per heavy atom. The van der Waals surface area contributed by atoms with Crippen LogP contribution in [0.15, 0.2) is 42.5 Å². The van der Waals surface area contributed by atoms with Crippen molar-refractivity contribution in [2.45, 2.75) is 18.9 Å². The van der Waals surface area contributed by atoms with Crippen LogP contribution in [0.4, 0.5) is 5.69 Å². The first kappa shape index (κ1) is 18.1. The molecule has 1 N–H and O–H groups in total. The zero-order chi connectivity index (χ0) is 17.8. The molecule has 0 saturated carbocycles. The van der Waals surface area contributed by atoms with Crippen molar-refractivity contribution < 1.29 is 9.53 Å². The molecule has 1 aliphatic heterocycles. The fourth-order valence-corrected chi connectivity index (χ4v) is 3.28. The lowest BCUT2D eigenvalue weighted by Gasteiger charge is -2.29. The van der Waals surface area contributed by atoms with E-state index >= 15 is 0 Å². The molecule has 0 spiro atoms. The standard InChI is InChI=1S/C19H20Cl2N2O2/c1-23-10-8-16(9-11-23)25-15-5-3-14(4-6-15)22-19(24)17-7-2-13(20)12-18(17)21/h2-7,12,16H,8-11H2,1H3,(H,22,24). The van der Waals surface area contributed by atoms with Crippen LogP contribution in [0.2, 0.25) is 10.0 Å². The second-order valence-corrected chi connectivity index (χ2v) is 7.07. The van der Waals surface area contributed by atoms with Crippen molar-refractivity contribution in [3.05, 3.63) is 58.1 Å². The minimum absolute atomic E-state index is 0.254. The maximum atomic E-state index is 12.3. The number of anilines is 1. The molecular weight excluding hydrogens is 359 g/mol. The first-order chi connectivity index (χ1) is 12.0. The van der Waals surface area contributed by atoms with Gasteiger partial charge in [-0.25, -0.2) is 0 Å². The highest BCUT2D eigenvalue weighted by molar-refractivity contribution is 6.37. The molecule has 0 radical (unpaired) electrons. The summed E-state index contributed by atoms with van der Waals surface area (Å²) in [4.78, 5) is 14.6. The molecule has 2 aromatic rings. The van der Waals surface area contributed by atoms with Gasteiger partial charge in [0.15, 0.2) is 0 Å². The van der Waals surface area contributed by atoms with Crippen LogP contribution in [0.1, 0.15) is 23.2 Å². The lowest BCUT2D eigenvalue weighted by atomic mass is 10.1. The maximum absolute atomic E-state index is 12.3. The molecule has 0 bridgehead atoms. The molecule has 3 rings (SSSR count). The first-order valence-electron chi connectivity index (χ1n) is 8.23. The van der Waals surface area contributed by atoms with Crippen LogP contribution in [-0.2, 0) is 0 Å². The van der Waals surface area contributed by atoms with Crippen LogP contribution in [0.3, 0.4) is 0 Å². The highest BCUT2D eigenvalue weighted by Crippen LogP contribution is 2.24. The number of ether oxygens (including phenoxy) is 1. The van der Waals surface area contributed by atoms with E-state index in [-0.39, 0.29) is 12.0 Å². The molecule has 2 aromatic carbocycles. The molecule has 0 aromatic heterocycles. The predicted octanol–water partition coefficient (Wildman–Crippen LogP) is 4.72. The van der Waals surface area contributed by atoms with Crippen LogP contribution >= 0.6 is 23.2 Å². The van der Waals surface area contributed by atoms with Crippen LogP contribution in [0.5, 0.6) is 5.75 Å². The molecular formula is C19H20Cl2N2O2. The van der Waals surface area contributed by atoms with E-state index in [0.29, 0.717) is 21.3 Å². The van der Waals surface area contributed by atoms with Gasteiger partial charge in [-0.15, -0.1) is 0 Å². The third kappa shape index (κ3) is 4.88. The largest absolute Gasteiger partial charge is 0.490 e. The third-order valence-corrected chi connectivity index (χ3v) is 4.80. The van der Waals surface area contributed by atoms with Crippen LogP contribution in [-0.4, -0.2) is 37.0 Å². The topological polar surface area (TPSA) is 41.6 Å². The van der Waals surface area contributed by atoms with Gasteiger partial charge >= 0.3 is 0 Å². The molecule has 1 saturated heterocycles. The van der Waals surface area contributed by atoms with Gasteiger partial charge in [-0.1, -0.05) is 23.2 Å². The smallest absolute Gasteiger partial charge is 0.257 e. The molecule has 25 heavy (non-hydrogen) atoms. The third-order valence-electron chi connectivity index (χ3n) is 4.26. The monoisotopic (exact) mass is 378 g/mol. The summed E-state index contributed by atoms with van der Waals surface area (Å²) in [7, 11) is 2.13. The summed E-state index contributed by atoms with van der Waals surface area (Å²) in [5.74, 6) is 0.544. The molecule has 1 heterocycles. The van der Waals surface area contributed by atoms with E-state index in [4.69, 9.17) is 27.9 Å². The van der Waals surface area contributed by atoms with Crippen molar-refractivity contribution in [1.29, 1.82) is 0 Å². The number of nitrogens with one attached hydrogen (secondary N) is 1. The summed E-state index contributed by atoms with van der Waals surface area (Å²) in [5.41, 5.74) is 1.07. The Labute approximate surface area is 157 Å². The van der Waals surface area contributed by atoms with Gasteiger partial charge in [-0.3, -0.25) is 4.79 Å². The van der Waals surface area contributed by atoms with E-state index < -0.39 is 0 Å². The van der Waals surface area contributed by atoms with Gasteiger partial charge in [0.05, 0.1) is 10.6 Å². The van der Waals surface area contributed by atoms with E-state index in [1.54, 1.807) is 18.2 Å². The summed E-state index contributed by atoms with van der Waals surface area (Å²) in [6.45, 7) is 2.11. The van der Waals surface area contributed by atoms with Crippen LogP contribution < -0.4 is 10.1 Å². The maximum Gasteiger partial charge on any atom is 0.257 e. The van der Waals surface area contributed by atoms with Crippen molar-refractivity contribution in [2.24, 2.45) is 0 Å². The van der Waals surface area contributed by atoms with Gasteiger partial charge in [-0.05, 0) is 62.4 Å². The van der Waals surface area contributed by atoms with Crippen LogP contribution in [0, 0.1) is 0 Å². The minimum Gasteiger partial charge on any atom is -0.490 e. The zero-order valence-electron chi connectivity index (χ0n) is 14.0. The average Bonchev–Trinajstić information content (AvgIpc) is 2.58.